The Bertz CT molecular complexity index is 995. The van der Waals surface area contributed by atoms with Crippen LogP contribution in [0.5, 0.6) is 5.75 Å². The zero-order chi connectivity index (χ0) is 19.7. The van der Waals surface area contributed by atoms with Crippen LogP contribution in [0.1, 0.15) is 11.6 Å². The lowest BCUT2D eigenvalue weighted by atomic mass is 10.0. The molecule has 1 aromatic heterocycles. The fraction of sp³-hybridized carbons (Fsp3) is 0.286. The Morgan fingerprint density at radius 2 is 1.93 bits per heavy atom. The molecular weight excluding hydrogens is 422 g/mol. The largest absolute Gasteiger partial charge is 0.495 e. The number of piperazine rings is 1. The second-order valence-corrected chi connectivity index (χ2v) is 7.79. The fourth-order valence-electron chi connectivity index (χ4n) is 3.94. The second kappa shape index (κ2) is 7.85. The van der Waals surface area contributed by atoms with Gasteiger partial charge in [-0.05, 0) is 30.3 Å². The Morgan fingerprint density at radius 1 is 1.18 bits per heavy atom. The minimum absolute atomic E-state index is 0.662. The number of halogens is 1. The van der Waals surface area contributed by atoms with Gasteiger partial charge in [-0.2, -0.15) is 0 Å². The quantitative estimate of drug-likeness (QED) is 0.625. The maximum Gasteiger partial charge on any atom is 0.325 e. The zero-order valence-corrected chi connectivity index (χ0v) is 17.1. The smallest absolute Gasteiger partial charge is 0.325 e. The van der Waals surface area contributed by atoms with Gasteiger partial charge in [-0.25, -0.2) is 0 Å². The number of carboxylic acid groups (broad SMARTS) is 1. The molecule has 2 aromatic carbocycles. The predicted octanol–water partition coefficient (Wildman–Crippen LogP) is 3.89. The lowest BCUT2D eigenvalue weighted by molar-refractivity contribution is -0.143. The summed E-state index contributed by atoms with van der Waals surface area (Å²) in [6.07, 6.45) is 1.82. The SMILES string of the molecule is COc1ccccc1N1CCN([C@@H](C(=O)O)c2c[nH]c3ccc(Br)cc23)CC1. The highest BCUT2D eigenvalue weighted by Gasteiger charge is 2.32. The van der Waals surface area contributed by atoms with Crippen molar-refractivity contribution < 1.29 is 14.6 Å². The maximum atomic E-state index is 12.2. The number of hydrogen-bond donors (Lipinski definition) is 2. The van der Waals surface area contributed by atoms with Crippen molar-refractivity contribution in [1.82, 2.24) is 9.88 Å². The van der Waals surface area contributed by atoms with E-state index in [0.717, 1.165) is 45.5 Å². The summed E-state index contributed by atoms with van der Waals surface area (Å²) in [4.78, 5) is 19.7. The van der Waals surface area contributed by atoms with Gasteiger partial charge >= 0.3 is 5.97 Å². The number of H-pyrrole nitrogens is 1. The molecule has 1 aliphatic rings. The Kier molecular flexibility index (Phi) is 5.28. The molecule has 1 atom stereocenters. The molecule has 0 bridgehead atoms. The molecule has 2 N–H and O–H groups in total. The number of methoxy groups -OCH3 is 1. The van der Waals surface area contributed by atoms with E-state index < -0.39 is 12.0 Å². The number of aliphatic carboxylic acids is 1. The van der Waals surface area contributed by atoms with Crippen molar-refractivity contribution in [3.63, 3.8) is 0 Å². The number of rotatable bonds is 5. The van der Waals surface area contributed by atoms with E-state index in [2.05, 4.69) is 25.8 Å². The number of nitrogens with zero attached hydrogens (tertiary/aromatic N) is 2. The van der Waals surface area contributed by atoms with Crippen LogP contribution in [0, 0.1) is 0 Å². The van der Waals surface area contributed by atoms with Gasteiger partial charge in [0.25, 0.3) is 0 Å². The van der Waals surface area contributed by atoms with Crippen molar-refractivity contribution in [2.45, 2.75) is 6.04 Å². The summed E-state index contributed by atoms with van der Waals surface area (Å²) < 4.78 is 6.41. The fourth-order valence-corrected chi connectivity index (χ4v) is 4.30. The number of fused-ring (bicyclic) bond motifs is 1. The first-order valence-corrected chi connectivity index (χ1v) is 9.99. The third-order valence-corrected chi connectivity index (χ3v) is 5.80. The van der Waals surface area contributed by atoms with Gasteiger partial charge in [0.15, 0.2) is 0 Å². The summed E-state index contributed by atoms with van der Waals surface area (Å²) in [6.45, 7) is 2.82. The van der Waals surface area contributed by atoms with Crippen LogP contribution in [0.15, 0.2) is 53.1 Å². The number of aromatic nitrogens is 1. The molecule has 146 valence electrons. The van der Waals surface area contributed by atoms with Gasteiger partial charge in [-0.15, -0.1) is 0 Å². The first-order valence-electron chi connectivity index (χ1n) is 9.20. The summed E-state index contributed by atoms with van der Waals surface area (Å²) in [7, 11) is 1.67. The number of hydrogen-bond acceptors (Lipinski definition) is 4. The van der Waals surface area contributed by atoms with Gasteiger partial charge in [0.2, 0.25) is 0 Å². The van der Waals surface area contributed by atoms with E-state index >= 15 is 0 Å². The van der Waals surface area contributed by atoms with E-state index in [0.29, 0.717) is 13.1 Å². The molecule has 1 fully saturated rings. The zero-order valence-electron chi connectivity index (χ0n) is 15.6. The maximum absolute atomic E-state index is 12.2. The Hall–Kier alpha value is -2.51. The molecule has 0 aliphatic carbocycles. The highest BCUT2D eigenvalue weighted by atomic mass is 79.9. The molecule has 6 nitrogen and oxygen atoms in total. The van der Waals surface area contributed by atoms with Gasteiger partial charge in [0, 0.05) is 53.3 Å². The van der Waals surface area contributed by atoms with Crippen molar-refractivity contribution in [2.24, 2.45) is 0 Å². The van der Waals surface area contributed by atoms with Crippen LogP contribution in [0.2, 0.25) is 0 Å². The van der Waals surface area contributed by atoms with E-state index in [1.165, 1.54) is 0 Å². The third kappa shape index (κ3) is 3.47. The molecule has 1 saturated heterocycles. The molecule has 3 aromatic rings. The molecule has 4 rings (SSSR count). The number of carbonyl (C=O) groups is 1. The van der Waals surface area contributed by atoms with Gasteiger partial charge in [-0.1, -0.05) is 28.1 Å². The summed E-state index contributed by atoms with van der Waals surface area (Å²) in [5.74, 6) is 0.0128. The number of benzene rings is 2. The summed E-state index contributed by atoms with van der Waals surface area (Å²) in [5.41, 5.74) is 2.79. The van der Waals surface area contributed by atoms with E-state index in [1.807, 2.05) is 53.6 Å². The van der Waals surface area contributed by atoms with Crippen LogP contribution in [0.25, 0.3) is 10.9 Å². The first-order chi connectivity index (χ1) is 13.6. The van der Waals surface area contributed by atoms with Crippen LogP contribution < -0.4 is 9.64 Å². The van der Waals surface area contributed by atoms with E-state index in [9.17, 15) is 9.90 Å². The van der Waals surface area contributed by atoms with Crippen molar-refractivity contribution in [3.05, 3.63) is 58.7 Å². The third-order valence-electron chi connectivity index (χ3n) is 5.31. The average Bonchev–Trinajstić information content (AvgIpc) is 3.11. The van der Waals surface area contributed by atoms with E-state index in [-0.39, 0.29) is 0 Å². The monoisotopic (exact) mass is 443 g/mol. The Morgan fingerprint density at radius 3 is 2.64 bits per heavy atom. The Labute approximate surface area is 171 Å². The molecule has 0 spiro atoms. The average molecular weight is 444 g/mol. The predicted molar refractivity (Wildman–Crippen MR) is 113 cm³/mol. The van der Waals surface area contributed by atoms with Crippen molar-refractivity contribution in [2.75, 3.05) is 38.2 Å². The molecule has 2 heterocycles. The highest BCUT2D eigenvalue weighted by molar-refractivity contribution is 9.10. The van der Waals surface area contributed by atoms with Crippen molar-refractivity contribution in [1.29, 1.82) is 0 Å². The standard InChI is InChI=1S/C21H22BrN3O3/c1-28-19-5-3-2-4-18(19)24-8-10-25(11-9-24)20(21(26)27)16-13-23-17-7-6-14(22)12-15(16)17/h2-7,12-13,20,23H,8-11H2,1H3,(H,26,27)/t20-/m1/s1. The molecule has 0 amide bonds. The van der Waals surface area contributed by atoms with Gasteiger partial charge in [0.1, 0.15) is 11.8 Å². The molecule has 0 unspecified atom stereocenters. The van der Waals surface area contributed by atoms with Gasteiger partial charge < -0.3 is 19.7 Å². The first kappa shape index (κ1) is 18.8. The topological polar surface area (TPSA) is 68.8 Å². The lowest BCUT2D eigenvalue weighted by Crippen LogP contribution is -2.49. The molecule has 28 heavy (non-hydrogen) atoms. The number of para-hydroxylation sites is 2. The number of carboxylic acids is 1. The van der Waals surface area contributed by atoms with Gasteiger partial charge in [-0.3, -0.25) is 9.69 Å². The Balaban J connectivity index is 1.57. The van der Waals surface area contributed by atoms with Crippen molar-refractivity contribution >= 4 is 38.5 Å². The van der Waals surface area contributed by atoms with Crippen LogP contribution in [0.3, 0.4) is 0 Å². The van der Waals surface area contributed by atoms with Crippen molar-refractivity contribution in [3.8, 4) is 5.75 Å². The normalized spacial score (nSPS) is 16.3. The minimum atomic E-state index is -0.827. The van der Waals surface area contributed by atoms with Crippen LogP contribution in [0.4, 0.5) is 5.69 Å². The van der Waals surface area contributed by atoms with Crippen LogP contribution >= 0.6 is 15.9 Å². The van der Waals surface area contributed by atoms with Crippen LogP contribution in [-0.2, 0) is 4.79 Å². The molecular formula is C21H22BrN3O3. The lowest BCUT2D eigenvalue weighted by Gasteiger charge is -2.39. The summed E-state index contributed by atoms with van der Waals surface area (Å²) in [5, 5.41) is 10.9. The minimum Gasteiger partial charge on any atom is -0.495 e. The van der Waals surface area contributed by atoms with E-state index in [1.54, 1.807) is 7.11 Å². The highest BCUT2D eigenvalue weighted by Crippen LogP contribution is 2.33. The molecule has 1 aliphatic heterocycles. The number of aromatic amines is 1. The molecule has 7 heteroatoms. The number of ether oxygens (including phenoxy) is 1. The number of anilines is 1. The van der Waals surface area contributed by atoms with Crippen LogP contribution in [-0.4, -0.2) is 54.2 Å². The number of nitrogens with one attached hydrogen (secondary N) is 1. The summed E-state index contributed by atoms with van der Waals surface area (Å²) in [6, 6.07) is 13.1. The molecule has 0 radical (unpaired) electrons. The van der Waals surface area contributed by atoms with E-state index in [4.69, 9.17) is 4.74 Å². The van der Waals surface area contributed by atoms with Gasteiger partial charge in [0.05, 0.1) is 12.8 Å². The summed E-state index contributed by atoms with van der Waals surface area (Å²) >= 11 is 3.49. The molecule has 0 saturated carbocycles. The second-order valence-electron chi connectivity index (χ2n) is 6.87.